The quantitative estimate of drug-likeness (QED) is 0.908. The molecule has 1 aromatic heterocycles. The first-order valence-corrected chi connectivity index (χ1v) is 7.03. The molecule has 0 radical (unpaired) electrons. The summed E-state index contributed by atoms with van der Waals surface area (Å²) in [6.07, 6.45) is 1.41. The van der Waals surface area contributed by atoms with Crippen LogP contribution in [-0.2, 0) is 10.0 Å². The van der Waals surface area contributed by atoms with Gasteiger partial charge in [0.1, 0.15) is 10.7 Å². The van der Waals surface area contributed by atoms with Crippen LogP contribution in [0, 0.1) is 11.6 Å². The van der Waals surface area contributed by atoms with E-state index in [2.05, 4.69) is 10.3 Å². The first kappa shape index (κ1) is 14.2. The van der Waals surface area contributed by atoms with Crippen molar-refractivity contribution in [1.82, 2.24) is 4.98 Å². The Morgan fingerprint density at radius 2 is 1.90 bits per heavy atom. The van der Waals surface area contributed by atoms with Gasteiger partial charge in [-0.2, -0.15) is 0 Å². The second-order valence-electron chi connectivity index (χ2n) is 3.81. The van der Waals surface area contributed by atoms with Crippen LogP contribution < -0.4 is 10.0 Å². The van der Waals surface area contributed by atoms with E-state index in [0.717, 1.165) is 12.1 Å². The van der Waals surface area contributed by atoms with Gasteiger partial charge in [0, 0.05) is 13.2 Å². The third-order valence-corrected chi connectivity index (χ3v) is 3.89. The first-order chi connectivity index (χ1) is 9.45. The van der Waals surface area contributed by atoms with Gasteiger partial charge in [0.25, 0.3) is 10.0 Å². The molecule has 0 amide bonds. The number of nitrogens with zero attached hydrogens (tertiary/aromatic N) is 1. The zero-order chi connectivity index (χ0) is 14.8. The van der Waals surface area contributed by atoms with Crippen LogP contribution in [0.4, 0.5) is 20.3 Å². The lowest BCUT2D eigenvalue weighted by Gasteiger charge is -2.11. The normalized spacial score (nSPS) is 11.2. The molecule has 0 unspecified atom stereocenters. The van der Waals surface area contributed by atoms with Crippen molar-refractivity contribution in [2.75, 3.05) is 17.1 Å². The van der Waals surface area contributed by atoms with Gasteiger partial charge < -0.3 is 5.32 Å². The molecule has 0 atom stereocenters. The number of aromatic nitrogens is 1. The van der Waals surface area contributed by atoms with Crippen molar-refractivity contribution in [3.63, 3.8) is 0 Å². The van der Waals surface area contributed by atoms with Gasteiger partial charge in [-0.05, 0) is 24.3 Å². The summed E-state index contributed by atoms with van der Waals surface area (Å²) < 4.78 is 52.9. The summed E-state index contributed by atoms with van der Waals surface area (Å²) in [5.74, 6) is -2.28. The Balaban J connectivity index is 2.44. The van der Waals surface area contributed by atoms with Gasteiger partial charge in [-0.1, -0.05) is 6.07 Å². The SMILES string of the molecule is CNc1ncccc1S(=O)(=O)Nc1cccc(F)c1F. The van der Waals surface area contributed by atoms with Gasteiger partial charge in [0.05, 0.1) is 5.69 Å². The summed E-state index contributed by atoms with van der Waals surface area (Å²) in [4.78, 5) is 3.69. The molecule has 5 nitrogen and oxygen atoms in total. The van der Waals surface area contributed by atoms with Crippen LogP contribution in [0.5, 0.6) is 0 Å². The van der Waals surface area contributed by atoms with Crippen LogP contribution in [0.1, 0.15) is 0 Å². The van der Waals surface area contributed by atoms with Crippen molar-refractivity contribution in [1.29, 1.82) is 0 Å². The van der Waals surface area contributed by atoms with Crippen LogP contribution >= 0.6 is 0 Å². The molecule has 0 saturated heterocycles. The van der Waals surface area contributed by atoms with Crippen molar-refractivity contribution < 1.29 is 17.2 Å². The summed E-state index contributed by atoms with van der Waals surface area (Å²) in [6.45, 7) is 0. The number of pyridine rings is 1. The third-order valence-electron chi connectivity index (χ3n) is 2.49. The number of sulfonamides is 1. The molecule has 0 aliphatic rings. The molecule has 2 rings (SSSR count). The molecule has 0 spiro atoms. The Hall–Kier alpha value is -2.22. The molecule has 2 N–H and O–H groups in total. The largest absolute Gasteiger partial charge is 0.372 e. The van der Waals surface area contributed by atoms with E-state index in [9.17, 15) is 17.2 Å². The molecule has 106 valence electrons. The van der Waals surface area contributed by atoms with E-state index in [1.807, 2.05) is 4.72 Å². The van der Waals surface area contributed by atoms with Gasteiger partial charge in [-0.15, -0.1) is 0 Å². The maximum Gasteiger partial charge on any atom is 0.265 e. The number of nitrogens with one attached hydrogen (secondary N) is 2. The molecule has 0 aliphatic carbocycles. The Kier molecular flexibility index (Phi) is 3.84. The highest BCUT2D eigenvalue weighted by atomic mass is 32.2. The van der Waals surface area contributed by atoms with Gasteiger partial charge >= 0.3 is 0 Å². The predicted octanol–water partition coefficient (Wildman–Crippen LogP) is 2.20. The summed E-state index contributed by atoms with van der Waals surface area (Å²) in [5, 5.41) is 2.62. The molecule has 0 bridgehead atoms. The van der Waals surface area contributed by atoms with Crippen molar-refractivity contribution in [2.24, 2.45) is 0 Å². The van der Waals surface area contributed by atoms with E-state index in [-0.39, 0.29) is 10.7 Å². The second kappa shape index (κ2) is 5.41. The van der Waals surface area contributed by atoms with E-state index in [4.69, 9.17) is 0 Å². The average Bonchev–Trinajstić information content (AvgIpc) is 2.43. The number of hydrogen-bond donors (Lipinski definition) is 2. The molecule has 0 saturated carbocycles. The van der Waals surface area contributed by atoms with E-state index in [1.165, 1.54) is 31.4 Å². The lowest BCUT2D eigenvalue weighted by atomic mass is 10.3. The fourth-order valence-corrected chi connectivity index (χ4v) is 2.80. The Morgan fingerprint density at radius 3 is 2.60 bits per heavy atom. The topological polar surface area (TPSA) is 71.1 Å². The zero-order valence-electron chi connectivity index (χ0n) is 10.4. The summed E-state index contributed by atoms with van der Waals surface area (Å²) in [5.41, 5.74) is -0.462. The highest BCUT2D eigenvalue weighted by Gasteiger charge is 2.21. The Labute approximate surface area is 114 Å². The average molecular weight is 299 g/mol. The number of rotatable bonds is 4. The number of hydrogen-bond acceptors (Lipinski definition) is 4. The maximum absolute atomic E-state index is 13.5. The molecule has 20 heavy (non-hydrogen) atoms. The van der Waals surface area contributed by atoms with E-state index >= 15 is 0 Å². The summed E-state index contributed by atoms with van der Waals surface area (Å²) >= 11 is 0. The van der Waals surface area contributed by atoms with Crippen molar-refractivity contribution in [3.05, 3.63) is 48.2 Å². The second-order valence-corrected chi connectivity index (χ2v) is 5.46. The molecular weight excluding hydrogens is 288 g/mol. The molecule has 2 aromatic rings. The highest BCUT2D eigenvalue weighted by Crippen LogP contribution is 2.23. The summed E-state index contributed by atoms with van der Waals surface area (Å²) in [7, 11) is -2.57. The van der Waals surface area contributed by atoms with E-state index in [1.54, 1.807) is 0 Å². The standard InChI is InChI=1S/C12H11F2N3O2S/c1-15-12-10(6-3-7-16-12)20(18,19)17-9-5-2-4-8(13)11(9)14/h2-7,17H,1H3,(H,15,16). The van der Waals surface area contributed by atoms with Crippen LogP contribution in [0.15, 0.2) is 41.4 Å². The number of benzene rings is 1. The molecule has 1 aromatic carbocycles. The van der Waals surface area contributed by atoms with Crippen LogP contribution in [0.25, 0.3) is 0 Å². The minimum absolute atomic E-state index is 0.108. The predicted molar refractivity (Wildman–Crippen MR) is 71.0 cm³/mol. The monoisotopic (exact) mass is 299 g/mol. The maximum atomic E-state index is 13.5. The fourth-order valence-electron chi connectivity index (χ4n) is 1.58. The minimum atomic E-state index is -4.08. The van der Waals surface area contributed by atoms with Crippen molar-refractivity contribution in [3.8, 4) is 0 Å². The smallest absolute Gasteiger partial charge is 0.265 e. The first-order valence-electron chi connectivity index (χ1n) is 5.55. The van der Waals surface area contributed by atoms with E-state index in [0.29, 0.717) is 0 Å². The third kappa shape index (κ3) is 2.69. The molecular formula is C12H11F2N3O2S. The summed E-state index contributed by atoms with van der Waals surface area (Å²) in [6, 6.07) is 5.97. The van der Waals surface area contributed by atoms with Gasteiger partial charge in [0.2, 0.25) is 0 Å². The highest BCUT2D eigenvalue weighted by molar-refractivity contribution is 7.92. The van der Waals surface area contributed by atoms with Gasteiger partial charge in [-0.3, -0.25) is 4.72 Å². The van der Waals surface area contributed by atoms with E-state index < -0.39 is 27.3 Å². The van der Waals surface area contributed by atoms with Gasteiger partial charge in [0.15, 0.2) is 11.6 Å². The van der Waals surface area contributed by atoms with Gasteiger partial charge in [-0.25, -0.2) is 22.2 Å². The number of anilines is 2. The molecule has 1 heterocycles. The van der Waals surface area contributed by atoms with Crippen LogP contribution in [-0.4, -0.2) is 20.4 Å². The number of halogens is 2. The Bertz CT molecular complexity index is 735. The van der Waals surface area contributed by atoms with Crippen molar-refractivity contribution in [2.45, 2.75) is 4.90 Å². The van der Waals surface area contributed by atoms with Crippen LogP contribution in [0.3, 0.4) is 0 Å². The molecule has 8 heteroatoms. The zero-order valence-corrected chi connectivity index (χ0v) is 11.2. The van der Waals surface area contributed by atoms with Crippen LogP contribution in [0.2, 0.25) is 0 Å². The molecule has 0 aliphatic heterocycles. The lowest BCUT2D eigenvalue weighted by molar-refractivity contribution is 0.511. The van der Waals surface area contributed by atoms with Crippen molar-refractivity contribution >= 4 is 21.5 Å². The Morgan fingerprint density at radius 1 is 1.15 bits per heavy atom. The lowest BCUT2D eigenvalue weighted by Crippen LogP contribution is -2.16. The fraction of sp³-hybridized carbons (Fsp3) is 0.0833. The minimum Gasteiger partial charge on any atom is -0.372 e. The molecule has 0 fully saturated rings.